The molecule has 0 spiro atoms. The van der Waals surface area contributed by atoms with Gasteiger partial charge in [-0.3, -0.25) is 9.80 Å². The van der Waals surface area contributed by atoms with Gasteiger partial charge in [-0.15, -0.1) is 0 Å². The van der Waals surface area contributed by atoms with Crippen LogP contribution in [0.4, 0.5) is 0 Å². The van der Waals surface area contributed by atoms with Gasteiger partial charge in [0.15, 0.2) is 0 Å². The highest BCUT2D eigenvalue weighted by Crippen LogP contribution is 2.40. The second-order valence-electron chi connectivity index (χ2n) is 7.79. The molecule has 0 saturated carbocycles. The van der Waals surface area contributed by atoms with Crippen LogP contribution in [0.15, 0.2) is 0 Å². The molecule has 0 aromatic rings. The predicted octanol–water partition coefficient (Wildman–Crippen LogP) is 1.83. The standard InChI is InChI=1S/C17H33N3O/c1-4-16(2)12-17(13-18,8-10-21-16)20-9-7-14-5-6-15(11-20)19(14)3/h14-15H,4-13,18H2,1-3H3. The van der Waals surface area contributed by atoms with Crippen LogP contribution in [0.1, 0.15) is 52.4 Å². The van der Waals surface area contributed by atoms with E-state index in [2.05, 4.69) is 30.7 Å². The van der Waals surface area contributed by atoms with E-state index in [1.807, 2.05) is 0 Å². The Hall–Kier alpha value is -0.160. The van der Waals surface area contributed by atoms with Crippen molar-refractivity contribution in [3.05, 3.63) is 0 Å². The summed E-state index contributed by atoms with van der Waals surface area (Å²) in [6.45, 7) is 8.55. The molecular weight excluding hydrogens is 262 g/mol. The number of fused-ring (bicyclic) bond motifs is 2. The second-order valence-corrected chi connectivity index (χ2v) is 7.79. The zero-order valence-corrected chi connectivity index (χ0v) is 14.1. The minimum atomic E-state index is 0.00877. The van der Waals surface area contributed by atoms with E-state index < -0.39 is 0 Å². The van der Waals surface area contributed by atoms with Crippen molar-refractivity contribution in [2.75, 3.05) is 33.3 Å². The van der Waals surface area contributed by atoms with Crippen LogP contribution in [0.2, 0.25) is 0 Å². The molecule has 4 heteroatoms. The molecule has 0 amide bonds. The summed E-state index contributed by atoms with van der Waals surface area (Å²) in [6, 6.07) is 1.53. The van der Waals surface area contributed by atoms with Gasteiger partial charge in [0.25, 0.3) is 0 Å². The molecule has 3 aliphatic heterocycles. The lowest BCUT2D eigenvalue weighted by Crippen LogP contribution is -2.62. The van der Waals surface area contributed by atoms with Crippen molar-refractivity contribution in [1.82, 2.24) is 9.80 Å². The van der Waals surface area contributed by atoms with Crippen molar-refractivity contribution >= 4 is 0 Å². The molecule has 4 nitrogen and oxygen atoms in total. The second kappa shape index (κ2) is 5.80. The first kappa shape index (κ1) is 15.7. The Morgan fingerprint density at radius 1 is 1.24 bits per heavy atom. The third kappa shape index (κ3) is 2.76. The minimum Gasteiger partial charge on any atom is -0.375 e. The number of nitrogens with zero attached hydrogens (tertiary/aromatic N) is 2. The molecule has 2 bridgehead atoms. The molecule has 3 saturated heterocycles. The van der Waals surface area contributed by atoms with Crippen LogP contribution in [0.5, 0.6) is 0 Å². The monoisotopic (exact) mass is 295 g/mol. The molecule has 4 atom stereocenters. The lowest BCUT2D eigenvalue weighted by atomic mass is 9.77. The van der Waals surface area contributed by atoms with Crippen molar-refractivity contribution in [3.63, 3.8) is 0 Å². The summed E-state index contributed by atoms with van der Waals surface area (Å²) in [5, 5.41) is 0. The van der Waals surface area contributed by atoms with E-state index in [9.17, 15) is 0 Å². The summed E-state index contributed by atoms with van der Waals surface area (Å²) in [6.07, 6.45) is 7.32. The average Bonchev–Trinajstić information content (AvgIpc) is 2.72. The third-order valence-corrected chi connectivity index (χ3v) is 6.67. The summed E-state index contributed by atoms with van der Waals surface area (Å²) in [5.41, 5.74) is 6.49. The molecular formula is C17H33N3O. The van der Waals surface area contributed by atoms with Crippen LogP contribution in [-0.4, -0.2) is 66.3 Å². The molecule has 0 aromatic heterocycles. The molecule has 4 unspecified atom stereocenters. The minimum absolute atomic E-state index is 0.00877. The van der Waals surface area contributed by atoms with Gasteiger partial charge in [-0.2, -0.15) is 0 Å². The SMILES string of the molecule is CCC1(C)CC(CN)(N2CCC3CCC(C2)N3C)CCO1. The fourth-order valence-corrected chi connectivity index (χ4v) is 4.86. The van der Waals surface area contributed by atoms with E-state index in [-0.39, 0.29) is 11.1 Å². The highest BCUT2D eigenvalue weighted by atomic mass is 16.5. The fraction of sp³-hybridized carbons (Fsp3) is 1.00. The first-order chi connectivity index (χ1) is 10.0. The summed E-state index contributed by atoms with van der Waals surface area (Å²) in [4.78, 5) is 5.37. The first-order valence-corrected chi connectivity index (χ1v) is 8.83. The van der Waals surface area contributed by atoms with Gasteiger partial charge in [-0.1, -0.05) is 6.92 Å². The third-order valence-electron chi connectivity index (χ3n) is 6.67. The first-order valence-electron chi connectivity index (χ1n) is 8.83. The van der Waals surface area contributed by atoms with Crippen LogP contribution in [0.3, 0.4) is 0 Å². The molecule has 3 fully saturated rings. The normalized spacial score (nSPS) is 45.7. The molecule has 0 aliphatic carbocycles. The Bertz CT molecular complexity index is 377. The van der Waals surface area contributed by atoms with Gasteiger partial charge >= 0.3 is 0 Å². The van der Waals surface area contributed by atoms with Gasteiger partial charge in [0.2, 0.25) is 0 Å². The van der Waals surface area contributed by atoms with Crippen LogP contribution in [0, 0.1) is 0 Å². The summed E-state index contributed by atoms with van der Waals surface area (Å²) < 4.78 is 6.08. The van der Waals surface area contributed by atoms with E-state index in [1.54, 1.807) is 0 Å². The van der Waals surface area contributed by atoms with Gasteiger partial charge in [-0.05, 0) is 52.5 Å². The largest absolute Gasteiger partial charge is 0.375 e. The number of ether oxygens (including phenoxy) is 1. The predicted molar refractivity (Wildman–Crippen MR) is 86.4 cm³/mol. The molecule has 21 heavy (non-hydrogen) atoms. The van der Waals surface area contributed by atoms with Crippen molar-refractivity contribution in [3.8, 4) is 0 Å². The summed E-state index contributed by atoms with van der Waals surface area (Å²) in [7, 11) is 2.32. The smallest absolute Gasteiger partial charge is 0.0670 e. The van der Waals surface area contributed by atoms with E-state index >= 15 is 0 Å². The van der Waals surface area contributed by atoms with Crippen molar-refractivity contribution in [2.45, 2.75) is 75.6 Å². The van der Waals surface area contributed by atoms with Crippen LogP contribution >= 0.6 is 0 Å². The van der Waals surface area contributed by atoms with Crippen LogP contribution in [-0.2, 0) is 4.74 Å². The maximum atomic E-state index is 6.32. The number of likely N-dealkylation sites (N-methyl/N-ethyl adjacent to an activating group) is 1. The van der Waals surface area contributed by atoms with Crippen LogP contribution < -0.4 is 5.73 Å². The Labute approximate surface area is 130 Å². The quantitative estimate of drug-likeness (QED) is 0.862. The molecule has 0 radical (unpaired) electrons. The van der Waals surface area contributed by atoms with Crippen molar-refractivity contribution < 1.29 is 4.74 Å². The highest BCUT2D eigenvalue weighted by Gasteiger charge is 2.47. The van der Waals surface area contributed by atoms with Gasteiger partial charge in [0.1, 0.15) is 0 Å². The molecule has 3 heterocycles. The number of rotatable bonds is 3. The van der Waals surface area contributed by atoms with Gasteiger partial charge in [-0.25, -0.2) is 0 Å². The Kier molecular flexibility index (Phi) is 4.34. The topological polar surface area (TPSA) is 41.7 Å². The maximum absolute atomic E-state index is 6.32. The van der Waals surface area contributed by atoms with Gasteiger partial charge < -0.3 is 10.5 Å². The number of hydrogen-bond donors (Lipinski definition) is 1. The molecule has 3 rings (SSSR count). The molecule has 0 aromatic carbocycles. The summed E-state index contributed by atoms with van der Waals surface area (Å²) >= 11 is 0. The van der Waals surface area contributed by atoms with Crippen molar-refractivity contribution in [1.29, 1.82) is 0 Å². The molecule has 122 valence electrons. The number of likely N-dealkylation sites (tertiary alicyclic amines) is 1. The van der Waals surface area contributed by atoms with Gasteiger partial charge in [0, 0.05) is 43.9 Å². The van der Waals surface area contributed by atoms with E-state index in [0.717, 1.165) is 44.5 Å². The van der Waals surface area contributed by atoms with Crippen LogP contribution in [0.25, 0.3) is 0 Å². The average molecular weight is 295 g/mol. The van der Waals surface area contributed by atoms with E-state index in [4.69, 9.17) is 10.5 Å². The molecule has 2 N–H and O–H groups in total. The van der Waals surface area contributed by atoms with Crippen molar-refractivity contribution in [2.24, 2.45) is 5.73 Å². The number of nitrogens with two attached hydrogens (primary N) is 1. The Morgan fingerprint density at radius 3 is 2.71 bits per heavy atom. The Balaban J connectivity index is 1.79. The maximum Gasteiger partial charge on any atom is 0.0670 e. The number of hydrogen-bond acceptors (Lipinski definition) is 4. The zero-order valence-electron chi connectivity index (χ0n) is 14.1. The highest BCUT2D eigenvalue weighted by molar-refractivity contribution is 5.03. The fourth-order valence-electron chi connectivity index (χ4n) is 4.86. The Morgan fingerprint density at radius 2 is 2.00 bits per heavy atom. The lowest BCUT2D eigenvalue weighted by molar-refractivity contribution is -0.130. The lowest BCUT2D eigenvalue weighted by Gasteiger charge is -2.52. The summed E-state index contributed by atoms with van der Waals surface area (Å²) in [5.74, 6) is 0. The van der Waals surface area contributed by atoms with E-state index in [0.29, 0.717) is 0 Å². The zero-order chi connectivity index (χ0) is 15.1. The molecule has 3 aliphatic rings. The van der Waals surface area contributed by atoms with Gasteiger partial charge in [0.05, 0.1) is 5.60 Å². The van der Waals surface area contributed by atoms with E-state index in [1.165, 1.54) is 32.4 Å².